The van der Waals surface area contributed by atoms with E-state index in [9.17, 15) is 4.39 Å². The van der Waals surface area contributed by atoms with Gasteiger partial charge in [0.15, 0.2) is 11.5 Å². The molecule has 0 aliphatic heterocycles. The third-order valence-electron chi connectivity index (χ3n) is 4.69. The van der Waals surface area contributed by atoms with E-state index in [1.807, 2.05) is 18.2 Å². The van der Waals surface area contributed by atoms with Gasteiger partial charge in [0.2, 0.25) is 0 Å². The summed E-state index contributed by atoms with van der Waals surface area (Å²) in [7, 11) is 1.63. The fraction of sp³-hybridized carbons (Fsp3) is 0.478. The molecule has 0 aliphatic carbocycles. The molecule has 0 bridgehead atoms. The smallest absolute Gasteiger partial charge is 0.166 e. The maximum absolute atomic E-state index is 13.2. The van der Waals surface area contributed by atoms with Crippen molar-refractivity contribution < 1.29 is 13.9 Å². The first-order chi connectivity index (χ1) is 13.7. The Labute approximate surface area is 173 Å². The molecule has 0 fully saturated rings. The van der Waals surface area contributed by atoms with E-state index in [4.69, 9.17) is 21.1 Å². The molecule has 2 aromatic carbocycles. The Morgan fingerprint density at radius 2 is 1.79 bits per heavy atom. The van der Waals surface area contributed by atoms with Crippen LogP contribution in [0.4, 0.5) is 4.39 Å². The molecule has 0 amide bonds. The third-order valence-corrected chi connectivity index (χ3v) is 5.04. The van der Waals surface area contributed by atoms with Crippen LogP contribution in [0.5, 0.6) is 11.5 Å². The van der Waals surface area contributed by atoms with E-state index in [1.165, 1.54) is 50.7 Å². The summed E-state index contributed by atoms with van der Waals surface area (Å²) in [4.78, 5) is 0. The van der Waals surface area contributed by atoms with Crippen LogP contribution in [0.3, 0.4) is 0 Å². The molecule has 0 atom stereocenters. The van der Waals surface area contributed by atoms with Gasteiger partial charge in [-0.25, -0.2) is 4.39 Å². The zero-order valence-corrected chi connectivity index (χ0v) is 17.7. The number of methoxy groups -OCH3 is 1. The minimum absolute atomic E-state index is 0.254. The standard InChI is InChI=1S/C23H31ClFNO2/c1-3-4-5-6-7-8-14-26-16-18-10-9-11-22(27-2)23(18)28-17-19-12-13-20(25)15-21(19)24/h9-13,15,26H,3-8,14,16-17H2,1-2H3. The first-order valence-electron chi connectivity index (χ1n) is 10.1. The van der Waals surface area contributed by atoms with Crippen molar-refractivity contribution in [1.29, 1.82) is 0 Å². The largest absolute Gasteiger partial charge is 0.493 e. The number of halogens is 2. The van der Waals surface area contributed by atoms with E-state index < -0.39 is 0 Å². The fourth-order valence-electron chi connectivity index (χ4n) is 3.07. The van der Waals surface area contributed by atoms with Crippen LogP contribution in [-0.4, -0.2) is 13.7 Å². The second-order valence-electron chi connectivity index (χ2n) is 6.92. The van der Waals surface area contributed by atoms with E-state index in [0.29, 0.717) is 23.1 Å². The molecule has 0 unspecified atom stereocenters. The molecule has 0 saturated heterocycles. The highest BCUT2D eigenvalue weighted by Crippen LogP contribution is 2.32. The third kappa shape index (κ3) is 7.33. The van der Waals surface area contributed by atoms with Crippen LogP contribution in [0.25, 0.3) is 0 Å². The fourth-order valence-corrected chi connectivity index (χ4v) is 3.29. The average molecular weight is 408 g/mol. The molecule has 0 radical (unpaired) electrons. The molecular formula is C23H31ClFNO2. The van der Waals surface area contributed by atoms with Gasteiger partial charge in [-0.3, -0.25) is 0 Å². The number of rotatable bonds is 13. The van der Waals surface area contributed by atoms with Crippen LogP contribution in [0.1, 0.15) is 56.6 Å². The van der Waals surface area contributed by atoms with Gasteiger partial charge in [0, 0.05) is 17.7 Å². The number of unbranched alkanes of at least 4 members (excludes halogenated alkanes) is 5. The topological polar surface area (TPSA) is 30.5 Å². The van der Waals surface area contributed by atoms with Crippen molar-refractivity contribution in [2.24, 2.45) is 0 Å². The molecule has 0 saturated carbocycles. The summed E-state index contributed by atoms with van der Waals surface area (Å²) in [6, 6.07) is 10.2. The van der Waals surface area contributed by atoms with Gasteiger partial charge in [0.1, 0.15) is 12.4 Å². The molecule has 0 aliphatic rings. The van der Waals surface area contributed by atoms with Crippen molar-refractivity contribution >= 4 is 11.6 Å². The highest BCUT2D eigenvalue weighted by atomic mass is 35.5. The van der Waals surface area contributed by atoms with Gasteiger partial charge in [-0.1, -0.05) is 68.8 Å². The zero-order chi connectivity index (χ0) is 20.2. The summed E-state index contributed by atoms with van der Waals surface area (Å²) in [5.41, 5.74) is 1.77. The highest BCUT2D eigenvalue weighted by Gasteiger charge is 2.12. The molecule has 154 valence electrons. The number of hydrogen-bond donors (Lipinski definition) is 1. The lowest BCUT2D eigenvalue weighted by Crippen LogP contribution is -2.15. The normalized spacial score (nSPS) is 10.9. The molecule has 0 aromatic heterocycles. The molecule has 2 rings (SSSR count). The van der Waals surface area contributed by atoms with Gasteiger partial charge in [0.05, 0.1) is 12.1 Å². The number of benzene rings is 2. The zero-order valence-electron chi connectivity index (χ0n) is 16.9. The van der Waals surface area contributed by atoms with Crippen molar-refractivity contribution in [3.05, 3.63) is 58.4 Å². The average Bonchev–Trinajstić information content (AvgIpc) is 2.69. The molecule has 3 nitrogen and oxygen atoms in total. The van der Waals surface area contributed by atoms with Crippen molar-refractivity contribution in [1.82, 2.24) is 5.32 Å². The van der Waals surface area contributed by atoms with Gasteiger partial charge in [-0.2, -0.15) is 0 Å². The quantitative estimate of drug-likeness (QED) is 0.383. The molecule has 2 aromatic rings. The highest BCUT2D eigenvalue weighted by molar-refractivity contribution is 6.31. The predicted octanol–water partition coefficient (Wildman–Crippen LogP) is 6.52. The minimum atomic E-state index is -0.356. The van der Waals surface area contributed by atoms with Crippen molar-refractivity contribution in [3.8, 4) is 11.5 Å². The lowest BCUT2D eigenvalue weighted by molar-refractivity contribution is 0.280. The summed E-state index contributed by atoms with van der Waals surface area (Å²) in [6.45, 7) is 4.18. The maximum atomic E-state index is 13.2. The number of para-hydroxylation sites is 1. The molecule has 0 heterocycles. The summed E-state index contributed by atoms with van der Waals surface area (Å²) < 4.78 is 24.7. The monoisotopic (exact) mass is 407 g/mol. The Morgan fingerprint density at radius 1 is 1.00 bits per heavy atom. The van der Waals surface area contributed by atoms with Crippen LogP contribution in [0, 0.1) is 5.82 Å². The Hall–Kier alpha value is -1.78. The van der Waals surface area contributed by atoms with Crippen molar-refractivity contribution in [3.63, 3.8) is 0 Å². The van der Waals surface area contributed by atoms with Gasteiger partial charge >= 0.3 is 0 Å². The lowest BCUT2D eigenvalue weighted by Gasteiger charge is -2.16. The molecule has 28 heavy (non-hydrogen) atoms. The molecular weight excluding hydrogens is 377 g/mol. The number of ether oxygens (including phenoxy) is 2. The lowest BCUT2D eigenvalue weighted by atomic mass is 10.1. The SMILES string of the molecule is CCCCCCCCNCc1cccc(OC)c1OCc1ccc(F)cc1Cl. The maximum Gasteiger partial charge on any atom is 0.166 e. The summed E-state index contributed by atoms with van der Waals surface area (Å²) in [5.74, 6) is 1.02. The number of hydrogen-bond acceptors (Lipinski definition) is 3. The van der Waals surface area contributed by atoms with Gasteiger partial charge < -0.3 is 14.8 Å². The Kier molecular flexibility index (Phi) is 10.2. The van der Waals surface area contributed by atoms with Crippen LogP contribution in [0.2, 0.25) is 5.02 Å². The van der Waals surface area contributed by atoms with Crippen LogP contribution in [-0.2, 0) is 13.2 Å². The Morgan fingerprint density at radius 3 is 2.54 bits per heavy atom. The van der Waals surface area contributed by atoms with E-state index in [1.54, 1.807) is 13.2 Å². The predicted molar refractivity (Wildman–Crippen MR) is 114 cm³/mol. The number of nitrogens with one attached hydrogen (secondary N) is 1. The van der Waals surface area contributed by atoms with Gasteiger partial charge in [-0.05, 0) is 31.2 Å². The van der Waals surface area contributed by atoms with Crippen LogP contribution in [0.15, 0.2) is 36.4 Å². The van der Waals surface area contributed by atoms with Gasteiger partial charge in [-0.15, -0.1) is 0 Å². The summed E-state index contributed by atoms with van der Waals surface area (Å²) in [6.07, 6.45) is 7.68. The van der Waals surface area contributed by atoms with E-state index in [-0.39, 0.29) is 12.4 Å². The molecule has 1 N–H and O–H groups in total. The van der Waals surface area contributed by atoms with Crippen molar-refractivity contribution in [2.45, 2.75) is 58.6 Å². The Balaban J connectivity index is 1.90. The van der Waals surface area contributed by atoms with E-state index in [0.717, 1.165) is 17.7 Å². The molecule has 0 spiro atoms. The second kappa shape index (κ2) is 12.6. The summed E-state index contributed by atoms with van der Waals surface area (Å²) >= 11 is 6.11. The van der Waals surface area contributed by atoms with Crippen molar-refractivity contribution in [2.75, 3.05) is 13.7 Å². The van der Waals surface area contributed by atoms with Crippen LogP contribution < -0.4 is 14.8 Å². The minimum Gasteiger partial charge on any atom is -0.493 e. The van der Waals surface area contributed by atoms with E-state index >= 15 is 0 Å². The summed E-state index contributed by atoms with van der Waals surface area (Å²) in [5, 5.41) is 3.85. The van der Waals surface area contributed by atoms with Crippen LogP contribution >= 0.6 is 11.6 Å². The first kappa shape index (κ1) is 22.5. The Bertz CT molecular complexity index is 724. The van der Waals surface area contributed by atoms with Gasteiger partial charge in [0.25, 0.3) is 0 Å². The molecule has 5 heteroatoms. The van der Waals surface area contributed by atoms with E-state index in [2.05, 4.69) is 12.2 Å². The first-order valence-corrected chi connectivity index (χ1v) is 10.5. The second-order valence-corrected chi connectivity index (χ2v) is 7.32.